The maximum Gasteiger partial charge on any atom is 0.137 e. The topological polar surface area (TPSA) is 69.7 Å². The fraction of sp³-hybridized carbons (Fsp3) is 0.450. The summed E-state index contributed by atoms with van der Waals surface area (Å²) in [7, 11) is 0. The molecule has 1 saturated heterocycles. The summed E-state index contributed by atoms with van der Waals surface area (Å²) < 4.78 is 0. The molecule has 1 aromatic carbocycles. The second kappa shape index (κ2) is 6.06. The lowest BCUT2D eigenvalue weighted by Crippen LogP contribution is -2.34. The first-order valence-electron chi connectivity index (χ1n) is 9.46. The van der Waals surface area contributed by atoms with Crippen LogP contribution in [0.4, 0.5) is 5.82 Å². The predicted molar refractivity (Wildman–Crippen MR) is 102 cm³/mol. The molecule has 26 heavy (non-hydrogen) atoms. The standard InChI is InChI=1S/C20H24N6/c1-12-4-3-5-16-18(12)25-19(24-16)14-6-8-26(9-7-14)20-15-10-21-11-17(15)22-13(2)23-20/h3-5,14,21H,6-11H2,1-2H3,(H,24,25). The zero-order chi connectivity index (χ0) is 17.7. The van der Waals surface area contributed by atoms with Crippen LogP contribution in [0, 0.1) is 13.8 Å². The molecule has 2 aromatic heterocycles. The minimum Gasteiger partial charge on any atom is -0.356 e. The molecule has 2 N–H and O–H groups in total. The number of benzene rings is 1. The van der Waals surface area contributed by atoms with Gasteiger partial charge in [-0.1, -0.05) is 12.1 Å². The quantitative estimate of drug-likeness (QED) is 0.745. The summed E-state index contributed by atoms with van der Waals surface area (Å²) in [6.07, 6.45) is 2.20. The predicted octanol–water partition coefficient (Wildman–Crippen LogP) is 2.96. The zero-order valence-electron chi connectivity index (χ0n) is 15.3. The molecule has 4 heterocycles. The molecule has 5 rings (SSSR count). The van der Waals surface area contributed by atoms with E-state index in [-0.39, 0.29) is 0 Å². The van der Waals surface area contributed by atoms with Gasteiger partial charge in [-0.15, -0.1) is 0 Å². The molecule has 0 bridgehead atoms. The molecule has 0 atom stereocenters. The van der Waals surface area contributed by atoms with Crippen molar-refractivity contribution in [3.63, 3.8) is 0 Å². The van der Waals surface area contributed by atoms with Gasteiger partial charge in [0.15, 0.2) is 0 Å². The van der Waals surface area contributed by atoms with E-state index in [1.165, 1.54) is 16.8 Å². The van der Waals surface area contributed by atoms with Crippen LogP contribution in [0.5, 0.6) is 0 Å². The second-order valence-electron chi connectivity index (χ2n) is 7.48. The molecule has 1 fully saturated rings. The van der Waals surface area contributed by atoms with Crippen LogP contribution in [0.25, 0.3) is 11.0 Å². The number of fused-ring (bicyclic) bond motifs is 2. The van der Waals surface area contributed by atoms with Crippen molar-refractivity contribution >= 4 is 16.9 Å². The number of rotatable bonds is 2. The molecule has 134 valence electrons. The summed E-state index contributed by atoms with van der Waals surface area (Å²) in [6, 6.07) is 6.34. The Hall–Kier alpha value is -2.47. The van der Waals surface area contributed by atoms with Crippen molar-refractivity contribution in [1.29, 1.82) is 0 Å². The van der Waals surface area contributed by atoms with Crippen molar-refractivity contribution in [3.05, 3.63) is 46.7 Å². The number of anilines is 1. The number of nitrogens with zero attached hydrogens (tertiary/aromatic N) is 4. The van der Waals surface area contributed by atoms with Gasteiger partial charge in [-0.05, 0) is 38.3 Å². The van der Waals surface area contributed by atoms with Crippen molar-refractivity contribution in [2.75, 3.05) is 18.0 Å². The number of aromatic amines is 1. The third-order valence-electron chi connectivity index (χ3n) is 5.69. The van der Waals surface area contributed by atoms with E-state index >= 15 is 0 Å². The SMILES string of the molecule is Cc1nc2c(c(N3CCC(c4nc5c(C)cccc5[nH]4)CC3)n1)CNC2. The summed E-state index contributed by atoms with van der Waals surface area (Å²) >= 11 is 0. The van der Waals surface area contributed by atoms with Crippen LogP contribution in [0.3, 0.4) is 0 Å². The van der Waals surface area contributed by atoms with E-state index in [1.54, 1.807) is 0 Å². The van der Waals surface area contributed by atoms with E-state index in [2.05, 4.69) is 45.3 Å². The van der Waals surface area contributed by atoms with Gasteiger partial charge >= 0.3 is 0 Å². The van der Waals surface area contributed by atoms with E-state index in [4.69, 9.17) is 9.97 Å². The lowest BCUT2D eigenvalue weighted by atomic mass is 9.96. The maximum atomic E-state index is 4.90. The van der Waals surface area contributed by atoms with Gasteiger partial charge in [0, 0.05) is 37.7 Å². The number of nitrogens with one attached hydrogen (secondary N) is 2. The van der Waals surface area contributed by atoms with Gasteiger partial charge < -0.3 is 15.2 Å². The van der Waals surface area contributed by atoms with Crippen molar-refractivity contribution in [2.24, 2.45) is 0 Å². The number of imidazole rings is 1. The van der Waals surface area contributed by atoms with E-state index in [0.717, 1.165) is 67.5 Å². The molecule has 6 nitrogen and oxygen atoms in total. The summed E-state index contributed by atoms with van der Waals surface area (Å²) in [5.74, 6) is 3.64. The van der Waals surface area contributed by atoms with E-state index in [0.29, 0.717) is 5.92 Å². The first kappa shape index (κ1) is 15.8. The molecule has 0 saturated carbocycles. The van der Waals surface area contributed by atoms with Crippen LogP contribution in [0.15, 0.2) is 18.2 Å². The lowest BCUT2D eigenvalue weighted by Gasteiger charge is -2.33. The minimum atomic E-state index is 0.493. The Morgan fingerprint density at radius 2 is 1.88 bits per heavy atom. The van der Waals surface area contributed by atoms with Crippen molar-refractivity contribution < 1.29 is 0 Å². The number of H-pyrrole nitrogens is 1. The minimum absolute atomic E-state index is 0.493. The molecular formula is C20H24N6. The monoisotopic (exact) mass is 348 g/mol. The Balaban J connectivity index is 1.37. The number of hydrogen-bond acceptors (Lipinski definition) is 5. The maximum absolute atomic E-state index is 4.90. The molecule has 6 heteroatoms. The lowest BCUT2D eigenvalue weighted by molar-refractivity contribution is 0.486. The fourth-order valence-electron chi connectivity index (χ4n) is 4.29. The summed E-state index contributed by atoms with van der Waals surface area (Å²) in [5, 5.41) is 3.41. The molecule has 0 amide bonds. The zero-order valence-corrected chi connectivity index (χ0v) is 15.3. The number of piperidine rings is 1. The van der Waals surface area contributed by atoms with Crippen LogP contribution in [-0.2, 0) is 13.1 Å². The molecule has 0 aliphatic carbocycles. The van der Waals surface area contributed by atoms with Crippen molar-refractivity contribution in [2.45, 2.75) is 45.7 Å². The first-order valence-corrected chi connectivity index (χ1v) is 9.46. The number of aromatic nitrogens is 4. The highest BCUT2D eigenvalue weighted by Crippen LogP contribution is 2.32. The van der Waals surface area contributed by atoms with Crippen LogP contribution < -0.4 is 10.2 Å². The van der Waals surface area contributed by atoms with Gasteiger partial charge in [0.05, 0.1) is 16.7 Å². The summed E-state index contributed by atoms with van der Waals surface area (Å²) in [5.41, 5.74) is 5.95. The highest BCUT2D eigenvalue weighted by molar-refractivity contribution is 5.78. The Bertz CT molecular complexity index is 968. The van der Waals surface area contributed by atoms with Gasteiger partial charge in [-0.25, -0.2) is 15.0 Å². The Morgan fingerprint density at radius 1 is 1.04 bits per heavy atom. The number of hydrogen-bond donors (Lipinski definition) is 2. The summed E-state index contributed by atoms with van der Waals surface area (Å²) in [6.45, 7) is 7.90. The van der Waals surface area contributed by atoms with E-state index < -0.39 is 0 Å². The third-order valence-corrected chi connectivity index (χ3v) is 5.69. The van der Waals surface area contributed by atoms with Crippen LogP contribution >= 0.6 is 0 Å². The molecule has 2 aliphatic rings. The Labute approximate surface area is 153 Å². The van der Waals surface area contributed by atoms with Crippen molar-refractivity contribution in [3.8, 4) is 0 Å². The normalized spacial score (nSPS) is 17.8. The average molecular weight is 348 g/mol. The second-order valence-corrected chi connectivity index (χ2v) is 7.48. The molecular weight excluding hydrogens is 324 g/mol. The van der Waals surface area contributed by atoms with Crippen LogP contribution in [0.1, 0.15) is 47.2 Å². The number of para-hydroxylation sites is 1. The van der Waals surface area contributed by atoms with Crippen LogP contribution in [0.2, 0.25) is 0 Å². The van der Waals surface area contributed by atoms with Gasteiger partial charge in [0.2, 0.25) is 0 Å². The van der Waals surface area contributed by atoms with Gasteiger partial charge in [-0.3, -0.25) is 0 Å². The largest absolute Gasteiger partial charge is 0.356 e. The van der Waals surface area contributed by atoms with Crippen molar-refractivity contribution in [1.82, 2.24) is 25.3 Å². The highest BCUT2D eigenvalue weighted by atomic mass is 15.2. The van der Waals surface area contributed by atoms with Gasteiger partial charge in [0.25, 0.3) is 0 Å². The molecule has 0 spiro atoms. The Morgan fingerprint density at radius 3 is 2.69 bits per heavy atom. The van der Waals surface area contributed by atoms with Gasteiger partial charge in [-0.2, -0.15) is 0 Å². The molecule has 2 aliphatic heterocycles. The van der Waals surface area contributed by atoms with Crippen LogP contribution in [-0.4, -0.2) is 33.0 Å². The average Bonchev–Trinajstić information content (AvgIpc) is 3.28. The highest BCUT2D eigenvalue weighted by Gasteiger charge is 2.27. The molecule has 3 aromatic rings. The smallest absolute Gasteiger partial charge is 0.137 e. The van der Waals surface area contributed by atoms with E-state index in [1.807, 2.05) is 6.92 Å². The molecule has 0 unspecified atom stereocenters. The third kappa shape index (κ3) is 2.56. The number of aryl methyl sites for hydroxylation is 2. The first-order chi connectivity index (χ1) is 12.7. The summed E-state index contributed by atoms with van der Waals surface area (Å²) in [4.78, 5) is 20.2. The Kier molecular flexibility index (Phi) is 3.67. The molecule has 0 radical (unpaired) electrons. The fourth-order valence-corrected chi connectivity index (χ4v) is 4.29. The van der Waals surface area contributed by atoms with Gasteiger partial charge in [0.1, 0.15) is 17.5 Å². The van der Waals surface area contributed by atoms with E-state index in [9.17, 15) is 0 Å².